The highest BCUT2D eigenvalue weighted by Crippen LogP contribution is 2.51. The fourth-order valence-electron chi connectivity index (χ4n) is 7.89. The number of nitriles is 1. The van der Waals surface area contributed by atoms with Gasteiger partial charge in [0.25, 0.3) is 0 Å². The summed E-state index contributed by atoms with van der Waals surface area (Å²) in [5.41, 5.74) is 5.56. The highest BCUT2D eigenvalue weighted by atomic mass is 35.5. The lowest BCUT2D eigenvalue weighted by Crippen LogP contribution is -2.43. The van der Waals surface area contributed by atoms with Crippen molar-refractivity contribution in [2.75, 3.05) is 43.5 Å². The zero-order chi connectivity index (χ0) is 31.9. The van der Waals surface area contributed by atoms with Crippen LogP contribution in [0.15, 0.2) is 12.1 Å². The summed E-state index contributed by atoms with van der Waals surface area (Å²) in [6.07, 6.45) is 2.21. The molecule has 0 aliphatic carbocycles. The number of benzene rings is 2. The number of hydrogen-bond acceptors (Lipinski definition) is 10. The molecule has 14 heteroatoms. The van der Waals surface area contributed by atoms with Crippen molar-refractivity contribution in [1.82, 2.24) is 14.9 Å². The van der Waals surface area contributed by atoms with Gasteiger partial charge in [-0.05, 0) is 50.3 Å². The third-order valence-electron chi connectivity index (χ3n) is 9.99. The van der Waals surface area contributed by atoms with Gasteiger partial charge in [0.15, 0.2) is 11.6 Å². The molecule has 2 aromatic heterocycles. The number of aliphatic hydroxyl groups excluding tert-OH is 1. The van der Waals surface area contributed by atoms with E-state index in [4.69, 9.17) is 31.8 Å². The molecule has 4 aromatic rings. The first-order valence-corrected chi connectivity index (χ1v) is 16.6. The summed E-state index contributed by atoms with van der Waals surface area (Å²) >= 11 is 7.90. The molecule has 2 aromatic carbocycles. The number of anilines is 2. The maximum absolute atomic E-state index is 17.1. The average molecular weight is 671 g/mol. The fourth-order valence-corrected chi connectivity index (χ4v) is 9.17. The number of ether oxygens (including phenoxy) is 2. The molecule has 4 aliphatic heterocycles. The van der Waals surface area contributed by atoms with E-state index in [1.54, 1.807) is 0 Å². The average Bonchev–Trinajstić information content (AvgIpc) is 3.58. The maximum Gasteiger partial charge on any atom is 0.319 e. The number of nitrogens with zero attached hydrogens (tertiary/aromatic N) is 5. The summed E-state index contributed by atoms with van der Waals surface area (Å²) in [6.45, 7) is 1.94. The molecule has 3 saturated heterocycles. The lowest BCUT2D eigenvalue weighted by Gasteiger charge is -2.31. The Balaban J connectivity index is 1.35. The van der Waals surface area contributed by atoms with Crippen LogP contribution < -0.4 is 20.1 Å². The van der Waals surface area contributed by atoms with Crippen LogP contribution in [0.2, 0.25) is 5.02 Å². The Morgan fingerprint density at radius 1 is 1.24 bits per heavy atom. The van der Waals surface area contributed by atoms with Crippen molar-refractivity contribution >= 4 is 54.7 Å². The summed E-state index contributed by atoms with van der Waals surface area (Å²) in [7, 11) is 0. The van der Waals surface area contributed by atoms with E-state index in [9.17, 15) is 19.1 Å². The van der Waals surface area contributed by atoms with Crippen LogP contribution in [-0.4, -0.2) is 76.7 Å². The largest absolute Gasteiger partial charge is 0.489 e. The second-order valence-corrected chi connectivity index (χ2v) is 14.1. The first-order chi connectivity index (χ1) is 22.2. The number of fused-ring (bicyclic) bond motifs is 4. The van der Waals surface area contributed by atoms with Crippen molar-refractivity contribution in [3.05, 3.63) is 34.4 Å². The molecule has 9 nitrogen and oxygen atoms in total. The number of thiophene rings is 1. The lowest BCUT2D eigenvalue weighted by atomic mass is 9.95. The first kappa shape index (κ1) is 29.8. The summed E-state index contributed by atoms with van der Waals surface area (Å²) in [6, 6.07) is 4.20. The summed E-state index contributed by atoms with van der Waals surface area (Å²) < 4.78 is 59.2. The number of aliphatic hydroxyl groups is 1. The van der Waals surface area contributed by atoms with Gasteiger partial charge in [0.05, 0.1) is 38.4 Å². The molecule has 8 rings (SSSR count). The van der Waals surface area contributed by atoms with E-state index in [1.165, 1.54) is 12.1 Å². The van der Waals surface area contributed by atoms with Gasteiger partial charge in [-0.2, -0.15) is 15.2 Å². The minimum Gasteiger partial charge on any atom is -0.489 e. The summed E-state index contributed by atoms with van der Waals surface area (Å²) in [4.78, 5) is 13.5. The van der Waals surface area contributed by atoms with Crippen LogP contribution in [0.25, 0.3) is 32.1 Å². The van der Waals surface area contributed by atoms with Gasteiger partial charge in [-0.3, -0.25) is 4.90 Å². The number of nitrogen functional groups attached to an aromatic ring is 1. The second-order valence-electron chi connectivity index (χ2n) is 12.7. The van der Waals surface area contributed by atoms with Crippen molar-refractivity contribution in [2.45, 2.75) is 62.4 Å². The van der Waals surface area contributed by atoms with Crippen LogP contribution in [0.5, 0.6) is 11.8 Å². The van der Waals surface area contributed by atoms with E-state index in [0.29, 0.717) is 44.6 Å². The Bertz CT molecular complexity index is 1950. The molecule has 0 amide bonds. The Kier molecular flexibility index (Phi) is 7.13. The zero-order valence-corrected chi connectivity index (χ0v) is 26.2. The van der Waals surface area contributed by atoms with Crippen LogP contribution in [0.1, 0.15) is 44.1 Å². The van der Waals surface area contributed by atoms with Gasteiger partial charge in [0.1, 0.15) is 47.6 Å². The molecule has 240 valence electrons. The smallest absolute Gasteiger partial charge is 0.319 e. The number of nitrogens with two attached hydrogens (primary N) is 1. The van der Waals surface area contributed by atoms with E-state index in [2.05, 4.69) is 9.88 Å². The molecule has 4 atom stereocenters. The quantitative estimate of drug-likeness (QED) is 0.271. The van der Waals surface area contributed by atoms with E-state index < -0.39 is 29.4 Å². The minimum atomic E-state index is -0.950. The summed E-state index contributed by atoms with van der Waals surface area (Å²) in [5.74, 6) is -0.899. The van der Waals surface area contributed by atoms with E-state index >= 15 is 4.39 Å². The molecule has 4 aliphatic rings. The highest BCUT2D eigenvalue weighted by Gasteiger charge is 2.49. The molecule has 0 spiro atoms. The van der Waals surface area contributed by atoms with Gasteiger partial charge >= 0.3 is 6.01 Å². The third kappa shape index (κ3) is 4.48. The molecule has 46 heavy (non-hydrogen) atoms. The molecule has 0 saturated carbocycles. The Labute approximate surface area is 271 Å². The van der Waals surface area contributed by atoms with E-state index in [-0.39, 0.29) is 78.7 Å². The van der Waals surface area contributed by atoms with Crippen LogP contribution in [0.3, 0.4) is 0 Å². The number of hydrogen-bond donors (Lipinski definition) is 2. The zero-order valence-electron chi connectivity index (χ0n) is 24.7. The fraction of sp³-hybridized carbons (Fsp3) is 0.469. The number of rotatable bonds is 4. The minimum absolute atomic E-state index is 0.0229. The SMILES string of the molecule is N#Cc1c(N)sc2c(F)ccc(-c3c(Cl)c4c5c(nc(OC[C@@]67CCCN6C[C@H](F)C7)nc5c3F)N3CCCC(O)CC3CO4)c12. The third-order valence-corrected chi connectivity index (χ3v) is 11.4. The standard InChI is InChI=1S/C32H30ClF3N6O3S/c33-24-22(18-4-5-20(35)28-21(18)19(11-37)29(38)46-28)25(36)26-23-27(24)44-13-16-9-17(43)3-1-8-42(16)30(23)40-31(39-26)45-14-32-6-2-7-41(32)12-15(34)10-32/h4-5,15-17,43H,1-3,6-10,12-14,38H2/t15-,16?,17?,32+/m1/s1. The van der Waals surface area contributed by atoms with E-state index in [1.807, 2.05) is 11.0 Å². The lowest BCUT2D eigenvalue weighted by molar-refractivity contribution is 0.107. The van der Waals surface area contributed by atoms with Crippen LogP contribution >= 0.6 is 22.9 Å². The normalized spacial score (nSPS) is 26.0. The predicted molar refractivity (Wildman–Crippen MR) is 169 cm³/mol. The van der Waals surface area contributed by atoms with Gasteiger partial charge in [-0.25, -0.2) is 13.2 Å². The van der Waals surface area contributed by atoms with Gasteiger partial charge in [0.2, 0.25) is 0 Å². The van der Waals surface area contributed by atoms with Gasteiger partial charge in [-0.15, -0.1) is 11.3 Å². The van der Waals surface area contributed by atoms with Crippen molar-refractivity contribution in [3.63, 3.8) is 0 Å². The Morgan fingerprint density at radius 3 is 2.91 bits per heavy atom. The van der Waals surface area contributed by atoms with Crippen LogP contribution in [-0.2, 0) is 0 Å². The number of alkyl halides is 1. The maximum atomic E-state index is 17.1. The number of halogens is 4. The molecule has 6 heterocycles. The van der Waals surface area contributed by atoms with Crippen molar-refractivity contribution in [3.8, 4) is 29.0 Å². The highest BCUT2D eigenvalue weighted by molar-refractivity contribution is 7.23. The van der Waals surface area contributed by atoms with Crippen molar-refractivity contribution in [1.29, 1.82) is 5.26 Å². The molecule has 0 radical (unpaired) electrons. The Hall–Kier alpha value is -3.57. The molecule has 0 bridgehead atoms. The van der Waals surface area contributed by atoms with Gasteiger partial charge in [-0.1, -0.05) is 17.7 Å². The van der Waals surface area contributed by atoms with Crippen molar-refractivity contribution < 1.29 is 27.8 Å². The Morgan fingerprint density at radius 2 is 2.09 bits per heavy atom. The van der Waals surface area contributed by atoms with E-state index in [0.717, 1.165) is 30.7 Å². The van der Waals surface area contributed by atoms with Gasteiger partial charge < -0.3 is 25.2 Å². The molecule has 3 fully saturated rings. The second kappa shape index (κ2) is 11.0. The summed E-state index contributed by atoms with van der Waals surface area (Å²) in [5, 5.41) is 21.0. The van der Waals surface area contributed by atoms with Gasteiger partial charge in [0, 0.05) is 30.5 Å². The predicted octanol–water partition coefficient (Wildman–Crippen LogP) is 5.96. The number of aromatic nitrogens is 2. The first-order valence-electron chi connectivity index (χ1n) is 15.4. The van der Waals surface area contributed by atoms with Crippen molar-refractivity contribution in [2.24, 2.45) is 0 Å². The van der Waals surface area contributed by atoms with Crippen LogP contribution in [0, 0.1) is 23.0 Å². The molecular weight excluding hydrogens is 641 g/mol. The topological polar surface area (TPSA) is 121 Å². The molecule has 2 unspecified atom stereocenters. The monoisotopic (exact) mass is 670 g/mol. The molecule has 3 N–H and O–H groups in total. The molecular formula is C32H30ClF3N6O3S. The van der Waals surface area contributed by atoms with Crippen LogP contribution in [0.4, 0.5) is 24.0 Å².